The second-order valence-corrected chi connectivity index (χ2v) is 5.83. The van der Waals surface area contributed by atoms with Crippen molar-refractivity contribution in [1.82, 2.24) is 0 Å². The first kappa shape index (κ1) is 13.3. The first-order valence-electron chi connectivity index (χ1n) is 6.17. The highest BCUT2D eigenvalue weighted by Gasteiger charge is 2.41. The molecule has 4 heteroatoms. The minimum absolute atomic E-state index is 0.157. The number of anilines is 1. The van der Waals surface area contributed by atoms with Crippen LogP contribution in [0.3, 0.4) is 0 Å². The van der Waals surface area contributed by atoms with Crippen LogP contribution in [-0.4, -0.2) is 30.1 Å². The van der Waals surface area contributed by atoms with Gasteiger partial charge in [-0.05, 0) is 37.7 Å². The number of carbonyl (C=O) groups excluding carboxylic acids is 1. The van der Waals surface area contributed by atoms with Crippen LogP contribution in [0.2, 0.25) is 0 Å². The van der Waals surface area contributed by atoms with Gasteiger partial charge in [0.25, 0.3) is 0 Å². The Morgan fingerprint density at radius 1 is 1.39 bits per heavy atom. The van der Waals surface area contributed by atoms with Crippen molar-refractivity contribution in [3.05, 3.63) is 29.8 Å². The van der Waals surface area contributed by atoms with Crippen molar-refractivity contribution in [2.24, 2.45) is 0 Å². The Bertz CT molecular complexity index is 410. The lowest BCUT2D eigenvalue weighted by atomic mass is 9.94. The van der Waals surface area contributed by atoms with Gasteiger partial charge in [-0.3, -0.25) is 0 Å². The lowest BCUT2D eigenvalue weighted by molar-refractivity contribution is -0.145. The van der Waals surface area contributed by atoms with Gasteiger partial charge in [-0.2, -0.15) is 11.8 Å². The fraction of sp³-hybridized carbons (Fsp3) is 0.500. The predicted octanol–water partition coefficient (Wildman–Crippen LogP) is 2.85. The molecule has 0 radical (unpaired) electrons. The summed E-state index contributed by atoms with van der Waals surface area (Å²) in [5, 5.41) is 3.38. The van der Waals surface area contributed by atoms with Gasteiger partial charge < -0.3 is 10.1 Å². The quantitative estimate of drug-likeness (QED) is 0.853. The third-order valence-electron chi connectivity index (χ3n) is 3.25. The van der Waals surface area contributed by atoms with Crippen LogP contribution in [0.5, 0.6) is 0 Å². The molecular weight excluding hydrogens is 246 g/mol. The maximum atomic E-state index is 12.1. The molecule has 0 aromatic heterocycles. The van der Waals surface area contributed by atoms with E-state index >= 15 is 0 Å². The molecule has 1 aliphatic heterocycles. The summed E-state index contributed by atoms with van der Waals surface area (Å²) in [7, 11) is 1.46. The van der Waals surface area contributed by atoms with E-state index < -0.39 is 5.54 Å². The Hall–Kier alpha value is -1.16. The molecule has 98 valence electrons. The number of ether oxygens (including phenoxy) is 1. The smallest absolute Gasteiger partial charge is 0.332 e. The first-order chi connectivity index (χ1) is 8.66. The fourth-order valence-corrected chi connectivity index (χ4v) is 3.39. The molecule has 2 rings (SSSR count). The number of nitrogens with one attached hydrogen (secondary N) is 1. The third kappa shape index (κ3) is 2.80. The summed E-state index contributed by atoms with van der Waals surface area (Å²) in [6, 6.07) is 8.12. The number of benzene rings is 1. The number of carbonyl (C=O) groups is 1. The second-order valence-electron chi connectivity index (χ2n) is 4.72. The number of aryl methyl sites for hydroxylation is 1. The average Bonchev–Trinajstić information content (AvgIpc) is 2.41. The molecule has 18 heavy (non-hydrogen) atoms. The molecule has 1 aliphatic rings. The summed E-state index contributed by atoms with van der Waals surface area (Å²) >= 11 is 1.80. The molecule has 1 unspecified atom stereocenters. The molecule has 0 amide bonds. The topological polar surface area (TPSA) is 38.3 Å². The van der Waals surface area contributed by atoms with Crippen LogP contribution < -0.4 is 5.32 Å². The molecule has 1 aromatic carbocycles. The van der Waals surface area contributed by atoms with E-state index in [0.29, 0.717) is 0 Å². The van der Waals surface area contributed by atoms with E-state index in [1.807, 2.05) is 24.3 Å². The van der Waals surface area contributed by atoms with Crippen LogP contribution in [0, 0.1) is 6.92 Å². The standard InChI is InChI=1S/C14H19NO2S/c1-11-4-6-12(7-5-11)15-14(13(16)17-2)8-3-9-18-10-14/h4-7,15H,3,8-10H2,1-2H3. The molecule has 1 N–H and O–H groups in total. The summed E-state index contributed by atoms with van der Waals surface area (Å²) < 4.78 is 4.97. The maximum Gasteiger partial charge on any atom is 0.332 e. The molecule has 0 spiro atoms. The van der Waals surface area contributed by atoms with Crippen LogP contribution >= 0.6 is 11.8 Å². The minimum atomic E-state index is -0.563. The van der Waals surface area contributed by atoms with E-state index in [1.165, 1.54) is 12.7 Å². The second kappa shape index (κ2) is 5.65. The van der Waals surface area contributed by atoms with Gasteiger partial charge >= 0.3 is 5.97 Å². The number of hydrogen-bond acceptors (Lipinski definition) is 4. The Morgan fingerprint density at radius 2 is 2.11 bits per heavy atom. The van der Waals surface area contributed by atoms with Crippen LogP contribution in [0.25, 0.3) is 0 Å². The summed E-state index contributed by atoms with van der Waals surface area (Å²) in [5.41, 5.74) is 1.63. The fourth-order valence-electron chi connectivity index (χ4n) is 2.21. The van der Waals surface area contributed by atoms with Gasteiger partial charge in [0.2, 0.25) is 0 Å². The van der Waals surface area contributed by atoms with Crippen molar-refractivity contribution in [3.8, 4) is 0 Å². The number of esters is 1. The van der Waals surface area contributed by atoms with Crippen molar-refractivity contribution in [1.29, 1.82) is 0 Å². The molecule has 1 saturated heterocycles. The van der Waals surface area contributed by atoms with Gasteiger partial charge in [0.15, 0.2) is 0 Å². The van der Waals surface area contributed by atoms with Crippen LogP contribution in [0.4, 0.5) is 5.69 Å². The number of hydrogen-bond donors (Lipinski definition) is 1. The molecule has 0 saturated carbocycles. The highest BCUT2D eigenvalue weighted by molar-refractivity contribution is 7.99. The lowest BCUT2D eigenvalue weighted by Crippen LogP contribution is -2.51. The van der Waals surface area contributed by atoms with Crippen molar-refractivity contribution in [2.75, 3.05) is 23.9 Å². The van der Waals surface area contributed by atoms with E-state index in [-0.39, 0.29) is 5.97 Å². The van der Waals surface area contributed by atoms with E-state index in [2.05, 4.69) is 12.2 Å². The zero-order valence-electron chi connectivity index (χ0n) is 10.9. The molecule has 1 fully saturated rings. The van der Waals surface area contributed by atoms with Gasteiger partial charge in [0, 0.05) is 11.4 Å². The minimum Gasteiger partial charge on any atom is -0.467 e. The molecular formula is C14H19NO2S. The molecule has 3 nitrogen and oxygen atoms in total. The summed E-state index contributed by atoms with van der Waals surface area (Å²) in [6.45, 7) is 2.05. The molecule has 0 aliphatic carbocycles. The molecule has 1 aromatic rings. The largest absolute Gasteiger partial charge is 0.467 e. The number of methoxy groups -OCH3 is 1. The van der Waals surface area contributed by atoms with E-state index in [1.54, 1.807) is 11.8 Å². The summed E-state index contributed by atoms with van der Waals surface area (Å²) in [6.07, 6.45) is 1.87. The Balaban J connectivity index is 2.19. The highest BCUT2D eigenvalue weighted by atomic mass is 32.2. The zero-order chi connectivity index (χ0) is 13.0. The van der Waals surface area contributed by atoms with E-state index in [9.17, 15) is 4.79 Å². The number of thioether (sulfide) groups is 1. The summed E-state index contributed by atoms with van der Waals surface area (Å²) in [4.78, 5) is 12.1. The third-order valence-corrected chi connectivity index (χ3v) is 4.53. The van der Waals surface area contributed by atoms with Gasteiger partial charge in [-0.15, -0.1) is 0 Å². The van der Waals surface area contributed by atoms with Crippen LogP contribution in [0.1, 0.15) is 18.4 Å². The zero-order valence-corrected chi connectivity index (χ0v) is 11.7. The maximum absolute atomic E-state index is 12.1. The molecule has 0 bridgehead atoms. The van der Waals surface area contributed by atoms with Crippen molar-refractivity contribution in [3.63, 3.8) is 0 Å². The van der Waals surface area contributed by atoms with Crippen molar-refractivity contribution in [2.45, 2.75) is 25.3 Å². The summed E-state index contributed by atoms with van der Waals surface area (Å²) in [5.74, 6) is 1.73. The monoisotopic (exact) mass is 265 g/mol. The van der Waals surface area contributed by atoms with E-state index in [4.69, 9.17) is 4.74 Å². The van der Waals surface area contributed by atoms with Gasteiger partial charge in [0.1, 0.15) is 5.54 Å². The number of rotatable bonds is 3. The molecule has 1 heterocycles. The SMILES string of the molecule is COC(=O)C1(Nc2ccc(C)cc2)CCCSC1. The van der Waals surface area contributed by atoms with Gasteiger partial charge in [-0.25, -0.2) is 4.79 Å². The lowest BCUT2D eigenvalue weighted by Gasteiger charge is -2.35. The Morgan fingerprint density at radius 3 is 2.67 bits per heavy atom. The van der Waals surface area contributed by atoms with Crippen LogP contribution in [0.15, 0.2) is 24.3 Å². The average molecular weight is 265 g/mol. The predicted molar refractivity (Wildman–Crippen MR) is 76.1 cm³/mol. The normalized spacial score (nSPS) is 23.4. The highest BCUT2D eigenvalue weighted by Crippen LogP contribution is 2.31. The molecule has 1 atom stereocenters. The van der Waals surface area contributed by atoms with Gasteiger partial charge in [-0.1, -0.05) is 17.7 Å². The Kier molecular flexibility index (Phi) is 4.17. The van der Waals surface area contributed by atoms with E-state index in [0.717, 1.165) is 30.0 Å². The van der Waals surface area contributed by atoms with Crippen LogP contribution in [-0.2, 0) is 9.53 Å². The van der Waals surface area contributed by atoms with Crippen molar-refractivity contribution < 1.29 is 9.53 Å². The van der Waals surface area contributed by atoms with Crippen molar-refractivity contribution >= 4 is 23.4 Å². The first-order valence-corrected chi connectivity index (χ1v) is 7.33. The van der Waals surface area contributed by atoms with Gasteiger partial charge in [0.05, 0.1) is 7.11 Å². The Labute approximate surface area is 112 Å².